The highest BCUT2D eigenvalue weighted by Gasteiger charge is 2.22. The number of hydrogen-bond donors (Lipinski definition) is 1. The van der Waals surface area contributed by atoms with Crippen LogP contribution in [-0.4, -0.2) is 30.9 Å². The van der Waals surface area contributed by atoms with Gasteiger partial charge in [0.05, 0.1) is 11.4 Å². The second kappa shape index (κ2) is 10.1. The molecule has 1 N–H and O–H groups in total. The molecule has 2 aromatic heterocycles. The van der Waals surface area contributed by atoms with Crippen LogP contribution in [0.3, 0.4) is 0 Å². The molecule has 0 saturated carbocycles. The standard InChI is InChI=1S/C24H22Cl2N6OS/c1-13-5-7-17(10-19(13)25)29-23(33)22-21(12-34-24-27-15(3)9-16(4)28-24)32(31-30-22)18-8-6-14(2)20(26)11-18/h5-11H,12H2,1-4H3,(H,29,33). The van der Waals surface area contributed by atoms with Gasteiger partial charge in [-0.2, -0.15) is 0 Å². The molecular formula is C24H22Cl2N6OS. The Morgan fingerprint density at radius 3 is 2.24 bits per heavy atom. The van der Waals surface area contributed by atoms with Crippen molar-refractivity contribution < 1.29 is 4.79 Å². The lowest BCUT2D eigenvalue weighted by Gasteiger charge is -2.10. The normalized spacial score (nSPS) is 11.0. The number of aryl methyl sites for hydroxylation is 4. The van der Waals surface area contributed by atoms with E-state index >= 15 is 0 Å². The van der Waals surface area contributed by atoms with Crippen LogP contribution in [0.2, 0.25) is 10.0 Å². The van der Waals surface area contributed by atoms with E-state index in [1.807, 2.05) is 52.0 Å². The van der Waals surface area contributed by atoms with Crippen molar-refractivity contribution in [3.63, 3.8) is 0 Å². The van der Waals surface area contributed by atoms with Crippen LogP contribution in [0, 0.1) is 27.7 Å². The van der Waals surface area contributed by atoms with Crippen LogP contribution in [0.4, 0.5) is 5.69 Å². The first-order valence-corrected chi connectivity index (χ1v) is 12.2. The number of hydrogen-bond acceptors (Lipinski definition) is 6. The van der Waals surface area contributed by atoms with E-state index in [0.29, 0.717) is 38.0 Å². The molecule has 0 bridgehead atoms. The molecule has 0 saturated heterocycles. The Bertz CT molecular complexity index is 1370. The van der Waals surface area contributed by atoms with Gasteiger partial charge in [0.15, 0.2) is 10.9 Å². The summed E-state index contributed by atoms with van der Waals surface area (Å²) < 4.78 is 1.62. The van der Waals surface area contributed by atoms with Gasteiger partial charge in [0.2, 0.25) is 0 Å². The predicted molar refractivity (Wildman–Crippen MR) is 136 cm³/mol. The number of carbonyl (C=O) groups excluding carboxylic acids is 1. The number of nitrogens with zero attached hydrogens (tertiary/aromatic N) is 5. The molecule has 1 amide bonds. The number of amides is 1. The SMILES string of the molecule is Cc1cc(C)nc(SCc2c(C(=O)Nc3ccc(C)c(Cl)c3)nnn2-c2ccc(C)c(Cl)c2)n1. The number of carbonyl (C=O) groups is 1. The summed E-state index contributed by atoms with van der Waals surface area (Å²) in [5, 5.41) is 13.1. The molecule has 0 fully saturated rings. The molecular weight excluding hydrogens is 491 g/mol. The Morgan fingerprint density at radius 1 is 0.941 bits per heavy atom. The average Bonchev–Trinajstić information content (AvgIpc) is 3.20. The second-order valence-corrected chi connectivity index (χ2v) is 9.63. The smallest absolute Gasteiger partial charge is 0.278 e. The number of aromatic nitrogens is 5. The summed E-state index contributed by atoms with van der Waals surface area (Å²) in [6, 6.07) is 12.8. The molecule has 4 rings (SSSR count). The monoisotopic (exact) mass is 512 g/mol. The van der Waals surface area contributed by atoms with Crippen molar-refractivity contribution in [2.45, 2.75) is 38.6 Å². The van der Waals surface area contributed by atoms with Crippen LogP contribution in [0.1, 0.15) is 38.7 Å². The van der Waals surface area contributed by atoms with Crippen molar-refractivity contribution in [1.82, 2.24) is 25.0 Å². The lowest BCUT2D eigenvalue weighted by atomic mass is 10.2. The summed E-state index contributed by atoms with van der Waals surface area (Å²) in [4.78, 5) is 22.2. The summed E-state index contributed by atoms with van der Waals surface area (Å²) >= 11 is 14.0. The Balaban J connectivity index is 1.70. The maximum Gasteiger partial charge on any atom is 0.278 e. The van der Waals surface area contributed by atoms with E-state index in [1.165, 1.54) is 11.8 Å². The molecule has 0 aliphatic rings. The molecule has 174 valence electrons. The van der Waals surface area contributed by atoms with Crippen LogP contribution in [0.5, 0.6) is 0 Å². The number of nitrogens with one attached hydrogen (secondary N) is 1. The van der Waals surface area contributed by atoms with E-state index in [1.54, 1.807) is 22.9 Å². The molecule has 2 aromatic carbocycles. The Kier molecular flexibility index (Phi) is 7.21. The number of thioether (sulfide) groups is 1. The van der Waals surface area contributed by atoms with Gasteiger partial charge in [-0.15, -0.1) is 5.10 Å². The largest absolute Gasteiger partial charge is 0.320 e. The van der Waals surface area contributed by atoms with Gasteiger partial charge in [-0.1, -0.05) is 52.3 Å². The highest BCUT2D eigenvalue weighted by Crippen LogP contribution is 2.27. The van der Waals surface area contributed by atoms with Gasteiger partial charge in [0.25, 0.3) is 5.91 Å². The summed E-state index contributed by atoms with van der Waals surface area (Å²) in [5.41, 5.74) is 5.70. The van der Waals surface area contributed by atoms with Crippen molar-refractivity contribution in [1.29, 1.82) is 0 Å². The summed E-state index contributed by atoms with van der Waals surface area (Å²) in [6.07, 6.45) is 0. The van der Waals surface area contributed by atoms with E-state index in [2.05, 4.69) is 25.6 Å². The molecule has 0 unspecified atom stereocenters. The zero-order chi connectivity index (χ0) is 24.4. The van der Waals surface area contributed by atoms with E-state index in [-0.39, 0.29) is 11.6 Å². The van der Waals surface area contributed by atoms with Gasteiger partial charge in [-0.3, -0.25) is 4.79 Å². The molecule has 0 atom stereocenters. The molecule has 4 aromatic rings. The average molecular weight is 513 g/mol. The van der Waals surface area contributed by atoms with Crippen molar-refractivity contribution >= 4 is 46.6 Å². The van der Waals surface area contributed by atoms with Crippen LogP contribution in [0.15, 0.2) is 47.6 Å². The molecule has 0 radical (unpaired) electrons. The molecule has 0 aliphatic carbocycles. The minimum atomic E-state index is -0.388. The fourth-order valence-electron chi connectivity index (χ4n) is 3.28. The highest BCUT2D eigenvalue weighted by molar-refractivity contribution is 7.98. The summed E-state index contributed by atoms with van der Waals surface area (Å²) in [6.45, 7) is 7.67. The van der Waals surface area contributed by atoms with E-state index < -0.39 is 0 Å². The molecule has 10 heteroatoms. The highest BCUT2D eigenvalue weighted by atomic mass is 35.5. The number of halogens is 2. The third-order valence-electron chi connectivity index (χ3n) is 5.11. The van der Waals surface area contributed by atoms with Crippen molar-refractivity contribution in [2.24, 2.45) is 0 Å². The van der Waals surface area contributed by atoms with E-state index in [0.717, 1.165) is 22.5 Å². The van der Waals surface area contributed by atoms with Crippen molar-refractivity contribution in [3.05, 3.63) is 86.4 Å². The van der Waals surface area contributed by atoms with Gasteiger partial charge in [-0.05, 0) is 69.2 Å². The fourth-order valence-corrected chi connectivity index (χ4v) is 4.58. The van der Waals surface area contributed by atoms with Gasteiger partial charge < -0.3 is 5.32 Å². The number of anilines is 1. The Labute approximate surface area is 211 Å². The second-order valence-electron chi connectivity index (χ2n) is 7.87. The third-order valence-corrected chi connectivity index (χ3v) is 6.78. The Hall–Kier alpha value is -2.94. The first kappa shape index (κ1) is 24.2. The number of rotatable bonds is 6. The zero-order valence-electron chi connectivity index (χ0n) is 19.1. The first-order valence-electron chi connectivity index (χ1n) is 10.4. The van der Waals surface area contributed by atoms with Crippen molar-refractivity contribution in [2.75, 3.05) is 5.32 Å². The van der Waals surface area contributed by atoms with Crippen LogP contribution >= 0.6 is 35.0 Å². The molecule has 2 heterocycles. The topological polar surface area (TPSA) is 85.6 Å². The van der Waals surface area contributed by atoms with E-state index in [9.17, 15) is 4.79 Å². The summed E-state index contributed by atoms with van der Waals surface area (Å²) in [5.74, 6) is -0.0139. The Morgan fingerprint density at radius 2 is 1.59 bits per heavy atom. The maximum atomic E-state index is 13.2. The molecule has 7 nitrogen and oxygen atoms in total. The zero-order valence-corrected chi connectivity index (χ0v) is 21.4. The first-order chi connectivity index (χ1) is 16.2. The lowest BCUT2D eigenvalue weighted by Crippen LogP contribution is -2.15. The number of benzene rings is 2. The maximum absolute atomic E-state index is 13.2. The van der Waals surface area contributed by atoms with Gasteiger partial charge >= 0.3 is 0 Å². The van der Waals surface area contributed by atoms with Gasteiger partial charge in [0.1, 0.15) is 0 Å². The molecule has 0 aliphatic heterocycles. The lowest BCUT2D eigenvalue weighted by molar-refractivity contribution is 0.102. The summed E-state index contributed by atoms with van der Waals surface area (Å²) in [7, 11) is 0. The van der Waals surface area contributed by atoms with Crippen molar-refractivity contribution in [3.8, 4) is 5.69 Å². The van der Waals surface area contributed by atoms with Crippen LogP contribution < -0.4 is 5.32 Å². The van der Waals surface area contributed by atoms with Gasteiger partial charge in [0, 0.05) is 32.9 Å². The van der Waals surface area contributed by atoms with Gasteiger partial charge in [-0.25, -0.2) is 14.6 Å². The fraction of sp³-hybridized carbons (Fsp3) is 0.208. The quantitative estimate of drug-likeness (QED) is 0.246. The minimum absolute atomic E-state index is 0.199. The predicted octanol–water partition coefficient (Wildman–Crippen LogP) is 6.14. The van der Waals surface area contributed by atoms with E-state index in [4.69, 9.17) is 23.2 Å². The third kappa shape index (κ3) is 5.41. The molecule has 0 spiro atoms. The van der Waals surface area contributed by atoms with Crippen LogP contribution in [0.25, 0.3) is 5.69 Å². The van der Waals surface area contributed by atoms with Crippen LogP contribution in [-0.2, 0) is 5.75 Å². The molecule has 34 heavy (non-hydrogen) atoms. The minimum Gasteiger partial charge on any atom is -0.320 e.